The van der Waals surface area contributed by atoms with Crippen molar-refractivity contribution in [2.45, 2.75) is 12.8 Å². The summed E-state index contributed by atoms with van der Waals surface area (Å²) in [5.41, 5.74) is 5.37. The van der Waals surface area contributed by atoms with Crippen molar-refractivity contribution in [3.63, 3.8) is 0 Å². The van der Waals surface area contributed by atoms with Gasteiger partial charge in [-0.25, -0.2) is 0 Å². The number of ether oxygens (including phenoxy) is 1. The van der Waals surface area contributed by atoms with Crippen LogP contribution in [0.3, 0.4) is 0 Å². The van der Waals surface area contributed by atoms with Crippen LogP contribution >= 0.6 is 27.5 Å². The summed E-state index contributed by atoms with van der Waals surface area (Å²) in [6.07, 6.45) is 2.11. The van der Waals surface area contributed by atoms with E-state index in [4.69, 9.17) is 22.1 Å². The zero-order valence-corrected chi connectivity index (χ0v) is 12.1. The Hall–Kier alpha value is -0.290. The third kappa shape index (κ3) is 6.27. The van der Waals surface area contributed by atoms with Crippen LogP contribution in [-0.2, 0) is 0 Å². The highest BCUT2D eigenvalue weighted by molar-refractivity contribution is 9.10. The van der Waals surface area contributed by atoms with Gasteiger partial charge in [-0.3, -0.25) is 0 Å². The molecule has 0 heterocycles. The fourth-order valence-corrected chi connectivity index (χ4v) is 2.15. The highest BCUT2D eigenvalue weighted by Gasteiger charge is 2.01. The summed E-state index contributed by atoms with van der Waals surface area (Å²) in [6, 6.07) is 5.53. The maximum atomic E-state index is 5.85. The van der Waals surface area contributed by atoms with Gasteiger partial charge < -0.3 is 15.8 Å². The number of hydrogen-bond acceptors (Lipinski definition) is 3. The molecule has 1 aromatic carbocycles. The number of benzene rings is 1. The number of rotatable bonds is 8. The zero-order valence-electron chi connectivity index (χ0n) is 9.72. The molecule has 0 atom stereocenters. The maximum Gasteiger partial charge on any atom is 0.133 e. The van der Waals surface area contributed by atoms with Crippen molar-refractivity contribution in [3.05, 3.63) is 27.7 Å². The average Bonchev–Trinajstić information content (AvgIpc) is 2.30. The van der Waals surface area contributed by atoms with Gasteiger partial charge in [-0.05, 0) is 53.5 Å². The second kappa shape index (κ2) is 8.75. The second-order valence-electron chi connectivity index (χ2n) is 3.67. The number of halogens is 2. The van der Waals surface area contributed by atoms with Gasteiger partial charge in [0.15, 0.2) is 0 Å². The van der Waals surface area contributed by atoms with Gasteiger partial charge in [-0.1, -0.05) is 11.6 Å². The SMILES string of the molecule is NCCNCCCCOc1ccc(Cl)cc1Br. The van der Waals surface area contributed by atoms with Gasteiger partial charge in [0.1, 0.15) is 5.75 Å². The van der Waals surface area contributed by atoms with E-state index >= 15 is 0 Å². The van der Waals surface area contributed by atoms with E-state index in [1.54, 1.807) is 0 Å². The number of nitrogens with one attached hydrogen (secondary N) is 1. The van der Waals surface area contributed by atoms with E-state index in [2.05, 4.69) is 21.2 Å². The van der Waals surface area contributed by atoms with Gasteiger partial charge in [-0.15, -0.1) is 0 Å². The van der Waals surface area contributed by atoms with Crippen molar-refractivity contribution in [2.24, 2.45) is 5.73 Å². The standard InChI is InChI=1S/C12H18BrClN2O/c13-11-9-10(14)3-4-12(11)17-8-2-1-6-16-7-5-15/h3-4,9,16H,1-2,5-8,15H2. The minimum absolute atomic E-state index is 0.689. The Balaban J connectivity index is 2.14. The van der Waals surface area contributed by atoms with Crippen LogP contribution in [0.5, 0.6) is 5.75 Å². The molecule has 0 aliphatic carbocycles. The molecule has 0 saturated carbocycles. The molecule has 0 aromatic heterocycles. The van der Waals surface area contributed by atoms with Crippen LogP contribution in [0.15, 0.2) is 22.7 Å². The Morgan fingerprint density at radius 2 is 2.12 bits per heavy atom. The molecule has 3 nitrogen and oxygen atoms in total. The molecule has 0 aliphatic heterocycles. The van der Waals surface area contributed by atoms with Crippen molar-refractivity contribution in [1.82, 2.24) is 5.32 Å². The fraction of sp³-hybridized carbons (Fsp3) is 0.500. The smallest absolute Gasteiger partial charge is 0.133 e. The molecular weight excluding hydrogens is 304 g/mol. The van der Waals surface area contributed by atoms with E-state index in [9.17, 15) is 0 Å². The molecule has 0 saturated heterocycles. The quantitative estimate of drug-likeness (QED) is 0.724. The first-order valence-corrected chi connectivity index (χ1v) is 6.90. The molecule has 96 valence electrons. The van der Waals surface area contributed by atoms with Crippen LogP contribution in [0.25, 0.3) is 0 Å². The summed E-state index contributed by atoms with van der Waals surface area (Å²) < 4.78 is 6.54. The molecular formula is C12H18BrClN2O. The monoisotopic (exact) mass is 320 g/mol. The average molecular weight is 322 g/mol. The van der Waals surface area contributed by atoms with Crippen LogP contribution < -0.4 is 15.8 Å². The van der Waals surface area contributed by atoms with Gasteiger partial charge in [0, 0.05) is 18.1 Å². The minimum Gasteiger partial charge on any atom is -0.492 e. The van der Waals surface area contributed by atoms with Crippen LogP contribution in [0.2, 0.25) is 5.02 Å². The van der Waals surface area contributed by atoms with Crippen LogP contribution in [0, 0.1) is 0 Å². The van der Waals surface area contributed by atoms with Crippen molar-refractivity contribution < 1.29 is 4.74 Å². The van der Waals surface area contributed by atoms with Gasteiger partial charge >= 0.3 is 0 Å². The van der Waals surface area contributed by atoms with Crippen LogP contribution in [-0.4, -0.2) is 26.2 Å². The Kier molecular flexibility index (Phi) is 7.60. The second-order valence-corrected chi connectivity index (χ2v) is 4.96. The topological polar surface area (TPSA) is 47.3 Å². The normalized spacial score (nSPS) is 10.5. The third-order valence-electron chi connectivity index (χ3n) is 2.22. The fourth-order valence-electron chi connectivity index (χ4n) is 1.35. The maximum absolute atomic E-state index is 5.85. The van der Waals surface area contributed by atoms with Gasteiger partial charge in [0.25, 0.3) is 0 Å². The highest BCUT2D eigenvalue weighted by Crippen LogP contribution is 2.27. The first kappa shape index (κ1) is 14.8. The predicted molar refractivity (Wildman–Crippen MR) is 75.8 cm³/mol. The summed E-state index contributed by atoms with van der Waals surface area (Å²) in [5.74, 6) is 0.837. The molecule has 0 aliphatic rings. The lowest BCUT2D eigenvalue weighted by Gasteiger charge is -2.08. The van der Waals surface area contributed by atoms with Crippen LogP contribution in [0.1, 0.15) is 12.8 Å². The summed E-state index contributed by atoms with van der Waals surface area (Å²) in [4.78, 5) is 0. The highest BCUT2D eigenvalue weighted by atomic mass is 79.9. The van der Waals surface area contributed by atoms with E-state index < -0.39 is 0 Å². The van der Waals surface area contributed by atoms with Crippen molar-refractivity contribution in [1.29, 1.82) is 0 Å². The van der Waals surface area contributed by atoms with E-state index in [1.165, 1.54) is 0 Å². The van der Waals surface area contributed by atoms with Gasteiger partial charge in [0.2, 0.25) is 0 Å². The van der Waals surface area contributed by atoms with Crippen molar-refractivity contribution in [3.8, 4) is 5.75 Å². The van der Waals surface area contributed by atoms with Crippen molar-refractivity contribution in [2.75, 3.05) is 26.2 Å². The van der Waals surface area contributed by atoms with E-state index in [0.29, 0.717) is 18.2 Å². The Morgan fingerprint density at radius 1 is 1.29 bits per heavy atom. The molecule has 0 fully saturated rings. The number of nitrogens with two attached hydrogens (primary N) is 1. The number of hydrogen-bond donors (Lipinski definition) is 2. The largest absolute Gasteiger partial charge is 0.492 e. The molecule has 0 radical (unpaired) electrons. The lowest BCUT2D eigenvalue weighted by atomic mass is 10.3. The molecule has 0 unspecified atom stereocenters. The molecule has 0 amide bonds. The Labute approximate surface area is 116 Å². The first-order chi connectivity index (χ1) is 8.24. The molecule has 0 spiro atoms. The summed E-state index contributed by atoms with van der Waals surface area (Å²) >= 11 is 9.26. The van der Waals surface area contributed by atoms with E-state index in [1.807, 2.05) is 18.2 Å². The number of unbranched alkanes of at least 4 members (excludes halogenated alkanes) is 1. The van der Waals surface area contributed by atoms with Crippen LogP contribution in [0.4, 0.5) is 0 Å². The third-order valence-corrected chi connectivity index (χ3v) is 3.08. The summed E-state index contributed by atoms with van der Waals surface area (Å²) in [5, 5.41) is 3.95. The molecule has 17 heavy (non-hydrogen) atoms. The van der Waals surface area contributed by atoms with Gasteiger partial charge in [0.05, 0.1) is 11.1 Å². The predicted octanol–water partition coefficient (Wildman–Crippen LogP) is 2.81. The molecule has 0 bridgehead atoms. The minimum atomic E-state index is 0.689. The zero-order chi connectivity index (χ0) is 12.5. The summed E-state index contributed by atoms with van der Waals surface area (Å²) in [7, 11) is 0. The lowest BCUT2D eigenvalue weighted by Crippen LogP contribution is -2.23. The Bertz CT molecular complexity index is 336. The van der Waals surface area contributed by atoms with Crippen molar-refractivity contribution >= 4 is 27.5 Å². The molecule has 1 aromatic rings. The lowest BCUT2D eigenvalue weighted by molar-refractivity contribution is 0.304. The van der Waals surface area contributed by atoms with E-state index in [-0.39, 0.29) is 0 Å². The molecule has 5 heteroatoms. The van der Waals surface area contributed by atoms with Gasteiger partial charge in [-0.2, -0.15) is 0 Å². The molecule has 3 N–H and O–H groups in total. The Morgan fingerprint density at radius 3 is 2.82 bits per heavy atom. The summed E-state index contributed by atoms with van der Waals surface area (Å²) in [6.45, 7) is 3.27. The molecule has 1 rings (SSSR count). The van der Waals surface area contributed by atoms with E-state index in [0.717, 1.165) is 36.2 Å². The first-order valence-electron chi connectivity index (χ1n) is 5.72.